The van der Waals surface area contributed by atoms with Crippen molar-refractivity contribution in [3.8, 4) is 0 Å². The zero-order valence-corrected chi connectivity index (χ0v) is 14.7. The Bertz CT molecular complexity index is 573. The number of hydrogen-bond acceptors (Lipinski definition) is 4. The van der Waals surface area contributed by atoms with Crippen LogP contribution in [0.15, 0.2) is 30.3 Å². The van der Waals surface area contributed by atoms with Gasteiger partial charge in [-0.1, -0.05) is 30.3 Å². The van der Waals surface area contributed by atoms with E-state index in [-0.39, 0.29) is 30.7 Å². The molecule has 2 saturated heterocycles. The Morgan fingerprint density at radius 2 is 1.84 bits per heavy atom. The highest BCUT2D eigenvalue weighted by molar-refractivity contribution is 5.84. The van der Waals surface area contributed by atoms with Gasteiger partial charge in [0.05, 0.1) is 13.2 Å². The van der Waals surface area contributed by atoms with Crippen LogP contribution in [0.1, 0.15) is 24.8 Å². The van der Waals surface area contributed by atoms with Gasteiger partial charge in [0, 0.05) is 51.6 Å². The Labute approximate surface area is 149 Å². The van der Waals surface area contributed by atoms with Crippen molar-refractivity contribution in [2.75, 3.05) is 39.4 Å². The van der Waals surface area contributed by atoms with E-state index < -0.39 is 0 Å². The third-order valence-electron chi connectivity index (χ3n) is 4.82. The molecular weight excluding hydrogens is 318 g/mol. The molecule has 0 unspecified atom stereocenters. The van der Waals surface area contributed by atoms with E-state index in [1.807, 2.05) is 6.07 Å². The van der Waals surface area contributed by atoms with Crippen LogP contribution in [-0.4, -0.2) is 67.0 Å². The fraction of sp³-hybridized carbons (Fsp3) is 0.579. The number of hydrogen-bond donors (Lipinski definition) is 1. The fourth-order valence-corrected chi connectivity index (χ4v) is 3.43. The first-order chi connectivity index (χ1) is 12.2. The number of likely N-dealkylation sites (tertiary alicyclic amines) is 1. The van der Waals surface area contributed by atoms with Crippen molar-refractivity contribution in [2.24, 2.45) is 0 Å². The van der Waals surface area contributed by atoms with E-state index in [1.165, 1.54) is 5.56 Å². The average Bonchev–Trinajstić information content (AvgIpc) is 3.08. The highest BCUT2D eigenvalue weighted by Crippen LogP contribution is 2.13. The number of morpholine rings is 1. The van der Waals surface area contributed by atoms with Crippen LogP contribution in [0.25, 0.3) is 0 Å². The molecule has 1 aromatic rings. The highest BCUT2D eigenvalue weighted by atomic mass is 16.5. The van der Waals surface area contributed by atoms with Gasteiger partial charge in [-0.2, -0.15) is 0 Å². The second kappa shape index (κ2) is 8.97. The van der Waals surface area contributed by atoms with Gasteiger partial charge >= 0.3 is 0 Å². The van der Waals surface area contributed by atoms with Crippen molar-refractivity contribution < 1.29 is 14.3 Å². The average molecular weight is 345 g/mol. The Kier molecular flexibility index (Phi) is 6.42. The molecule has 2 heterocycles. The molecule has 136 valence electrons. The molecule has 0 spiro atoms. The molecule has 0 aliphatic carbocycles. The number of amides is 2. The summed E-state index contributed by atoms with van der Waals surface area (Å²) < 4.78 is 5.24. The van der Waals surface area contributed by atoms with Gasteiger partial charge in [0.25, 0.3) is 0 Å². The molecule has 1 aromatic carbocycles. The highest BCUT2D eigenvalue weighted by Gasteiger charge is 2.24. The van der Waals surface area contributed by atoms with E-state index in [4.69, 9.17) is 4.74 Å². The molecule has 2 aliphatic rings. The van der Waals surface area contributed by atoms with Crippen LogP contribution in [0.5, 0.6) is 0 Å². The van der Waals surface area contributed by atoms with E-state index in [0.29, 0.717) is 26.3 Å². The molecule has 25 heavy (non-hydrogen) atoms. The summed E-state index contributed by atoms with van der Waals surface area (Å²) in [6, 6.07) is 10.6. The second-order valence-corrected chi connectivity index (χ2v) is 6.77. The lowest BCUT2D eigenvalue weighted by Gasteiger charge is -2.26. The van der Waals surface area contributed by atoms with Gasteiger partial charge in [0.1, 0.15) is 0 Å². The Balaban J connectivity index is 1.35. The smallest absolute Gasteiger partial charge is 0.223 e. The third kappa shape index (κ3) is 5.54. The quantitative estimate of drug-likeness (QED) is 0.836. The molecule has 0 radical (unpaired) electrons. The lowest BCUT2D eigenvalue weighted by Crippen LogP contribution is -2.41. The summed E-state index contributed by atoms with van der Waals surface area (Å²) in [5.41, 5.74) is 1.30. The Morgan fingerprint density at radius 3 is 2.60 bits per heavy atom. The van der Waals surface area contributed by atoms with E-state index in [2.05, 4.69) is 34.5 Å². The van der Waals surface area contributed by atoms with Gasteiger partial charge in [0.2, 0.25) is 11.8 Å². The topological polar surface area (TPSA) is 61.9 Å². The first-order valence-electron chi connectivity index (χ1n) is 9.12. The van der Waals surface area contributed by atoms with Gasteiger partial charge in [-0.3, -0.25) is 14.5 Å². The number of rotatable bonds is 6. The van der Waals surface area contributed by atoms with Gasteiger partial charge in [0.15, 0.2) is 0 Å². The minimum atomic E-state index is -0.0202. The Hall–Kier alpha value is -1.92. The van der Waals surface area contributed by atoms with Gasteiger partial charge in [-0.05, 0) is 12.0 Å². The lowest BCUT2D eigenvalue weighted by atomic mass is 10.2. The van der Waals surface area contributed by atoms with Crippen molar-refractivity contribution in [1.82, 2.24) is 15.1 Å². The molecule has 0 aromatic heterocycles. The largest absolute Gasteiger partial charge is 0.378 e. The maximum Gasteiger partial charge on any atom is 0.223 e. The zero-order valence-electron chi connectivity index (χ0n) is 14.7. The monoisotopic (exact) mass is 345 g/mol. The normalized spacial score (nSPS) is 21.3. The first-order valence-corrected chi connectivity index (χ1v) is 9.12. The summed E-state index contributed by atoms with van der Waals surface area (Å²) in [5, 5.41) is 3.08. The van der Waals surface area contributed by atoms with Crippen LogP contribution >= 0.6 is 0 Å². The van der Waals surface area contributed by atoms with Crippen LogP contribution in [0.3, 0.4) is 0 Å². The molecular formula is C19H27N3O3. The maximum absolute atomic E-state index is 12.1. The summed E-state index contributed by atoms with van der Waals surface area (Å²) >= 11 is 0. The number of carbonyl (C=O) groups is 2. The van der Waals surface area contributed by atoms with E-state index in [9.17, 15) is 9.59 Å². The van der Waals surface area contributed by atoms with Crippen molar-refractivity contribution in [1.29, 1.82) is 0 Å². The molecule has 3 rings (SSSR count). The van der Waals surface area contributed by atoms with Crippen LogP contribution < -0.4 is 5.32 Å². The minimum absolute atomic E-state index is 0.0202. The maximum atomic E-state index is 12.1. The molecule has 2 amide bonds. The standard InChI is InChI=1S/C19H27N3O3/c23-18(6-7-19(24)22-10-12-25-13-11-22)20-17-8-9-21(15-17)14-16-4-2-1-3-5-16/h1-5,17H,6-15H2,(H,20,23)/t17-/m1/s1. The third-order valence-corrected chi connectivity index (χ3v) is 4.82. The molecule has 6 heteroatoms. The van der Waals surface area contributed by atoms with Gasteiger partial charge in [-0.15, -0.1) is 0 Å². The number of ether oxygens (including phenoxy) is 1. The van der Waals surface area contributed by atoms with Crippen LogP contribution in [0, 0.1) is 0 Å². The predicted octanol–water partition coefficient (Wildman–Crippen LogP) is 1.02. The van der Waals surface area contributed by atoms with Gasteiger partial charge < -0.3 is 15.0 Å². The number of nitrogens with one attached hydrogen (secondary N) is 1. The number of nitrogens with zero attached hydrogens (tertiary/aromatic N) is 2. The summed E-state index contributed by atoms with van der Waals surface area (Å²) in [6.07, 6.45) is 1.52. The first kappa shape index (κ1) is 17.9. The molecule has 1 atom stereocenters. The van der Waals surface area contributed by atoms with Crippen LogP contribution in [0.2, 0.25) is 0 Å². The SMILES string of the molecule is O=C(CCC(=O)N1CCOCC1)N[C@@H]1CCN(Cc2ccccc2)C1. The van der Waals surface area contributed by atoms with Crippen LogP contribution in [0.4, 0.5) is 0 Å². The Morgan fingerprint density at radius 1 is 1.08 bits per heavy atom. The second-order valence-electron chi connectivity index (χ2n) is 6.77. The summed E-state index contributed by atoms with van der Waals surface area (Å²) in [7, 11) is 0. The summed E-state index contributed by atoms with van der Waals surface area (Å²) in [4.78, 5) is 28.3. The number of carbonyl (C=O) groups excluding carboxylic acids is 2. The number of benzene rings is 1. The van der Waals surface area contributed by atoms with Crippen molar-refractivity contribution in [3.05, 3.63) is 35.9 Å². The molecule has 2 aliphatic heterocycles. The van der Waals surface area contributed by atoms with E-state index in [0.717, 1.165) is 26.1 Å². The minimum Gasteiger partial charge on any atom is -0.378 e. The van der Waals surface area contributed by atoms with Crippen LogP contribution in [-0.2, 0) is 20.9 Å². The fourth-order valence-electron chi connectivity index (χ4n) is 3.43. The van der Waals surface area contributed by atoms with Crippen molar-refractivity contribution in [2.45, 2.75) is 31.8 Å². The molecule has 6 nitrogen and oxygen atoms in total. The van der Waals surface area contributed by atoms with Crippen molar-refractivity contribution in [3.63, 3.8) is 0 Å². The summed E-state index contributed by atoms with van der Waals surface area (Å²) in [6.45, 7) is 5.25. The predicted molar refractivity (Wildman–Crippen MR) is 94.9 cm³/mol. The summed E-state index contributed by atoms with van der Waals surface area (Å²) in [5.74, 6) is 0.0312. The molecule has 0 bridgehead atoms. The molecule has 1 N–H and O–H groups in total. The zero-order chi connectivity index (χ0) is 17.5. The molecule has 2 fully saturated rings. The van der Waals surface area contributed by atoms with E-state index in [1.54, 1.807) is 4.90 Å². The van der Waals surface area contributed by atoms with E-state index >= 15 is 0 Å². The van der Waals surface area contributed by atoms with Crippen molar-refractivity contribution >= 4 is 11.8 Å². The lowest BCUT2D eigenvalue weighted by molar-refractivity contribution is -0.137. The molecule has 0 saturated carbocycles. The van der Waals surface area contributed by atoms with Gasteiger partial charge in [-0.25, -0.2) is 0 Å².